The highest BCUT2D eigenvalue weighted by molar-refractivity contribution is 8.26. The molecule has 1 saturated heterocycles. The van der Waals surface area contributed by atoms with Crippen LogP contribution in [0, 0.1) is 0 Å². The largest absolute Gasteiger partial charge is 0.550 e. The molecule has 23 heavy (non-hydrogen) atoms. The van der Waals surface area contributed by atoms with Gasteiger partial charge in [-0.1, -0.05) is 30.0 Å². The van der Waals surface area contributed by atoms with E-state index in [0.717, 1.165) is 11.8 Å². The van der Waals surface area contributed by atoms with Crippen LogP contribution in [0.2, 0.25) is 0 Å². The Morgan fingerprint density at radius 2 is 2.26 bits per heavy atom. The van der Waals surface area contributed by atoms with Crippen molar-refractivity contribution in [2.75, 3.05) is 13.2 Å². The van der Waals surface area contributed by atoms with Gasteiger partial charge < -0.3 is 19.7 Å². The van der Waals surface area contributed by atoms with Crippen LogP contribution in [0.25, 0.3) is 6.08 Å². The van der Waals surface area contributed by atoms with Crippen LogP contribution >= 0.6 is 24.0 Å². The summed E-state index contributed by atoms with van der Waals surface area (Å²) in [6, 6.07) is 4.74. The number of thioether (sulfide) groups is 1. The lowest BCUT2D eigenvalue weighted by atomic mass is 10.2. The topological polar surface area (TPSA) is 89.9 Å². The predicted molar refractivity (Wildman–Crippen MR) is 88.8 cm³/mol. The van der Waals surface area contributed by atoms with E-state index in [1.54, 1.807) is 25.1 Å². The molecule has 8 heteroatoms. The summed E-state index contributed by atoms with van der Waals surface area (Å²) in [6.07, 6.45) is 1.35. The zero-order chi connectivity index (χ0) is 17.0. The maximum absolute atomic E-state index is 12.3. The number of phenols is 1. The van der Waals surface area contributed by atoms with E-state index in [4.69, 9.17) is 17.0 Å². The lowest BCUT2D eigenvalue weighted by Gasteiger charge is -2.14. The molecule has 0 bridgehead atoms. The van der Waals surface area contributed by atoms with Crippen LogP contribution in [0.15, 0.2) is 23.1 Å². The molecule has 1 fully saturated rings. The van der Waals surface area contributed by atoms with Crippen molar-refractivity contribution in [3.63, 3.8) is 0 Å². The van der Waals surface area contributed by atoms with Gasteiger partial charge >= 0.3 is 0 Å². The fraction of sp³-hybridized carbons (Fsp3) is 0.267. The van der Waals surface area contributed by atoms with Crippen molar-refractivity contribution in [3.8, 4) is 11.5 Å². The smallest absolute Gasteiger partial charge is 0.266 e. The number of benzene rings is 1. The first kappa shape index (κ1) is 17.3. The summed E-state index contributed by atoms with van der Waals surface area (Å²) in [6.45, 7) is 2.20. The highest BCUT2D eigenvalue weighted by Gasteiger charge is 2.31. The fourth-order valence-corrected chi connectivity index (χ4v) is 3.25. The first-order valence-electron chi connectivity index (χ1n) is 6.83. The van der Waals surface area contributed by atoms with Crippen molar-refractivity contribution in [2.45, 2.75) is 13.3 Å². The molecule has 1 aliphatic rings. The SMILES string of the molecule is CCOc1cc(/C=C2/SC(=S)N(CCC(=O)[O-])C2=O)ccc1O. The van der Waals surface area contributed by atoms with Gasteiger partial charge in [-0.2, -0.15) is 0 Å². The van der Waals surface area contributed by atoms with Crippen LogP contribution in [-0.4, -0.2) is 39.4 Å². The second kappa shape index (κ2) is 7.47. The number of hydrogen-bond acceptors (Lipinski definition) is 7. The molecule has 0 unspecified atom stereocenters. The number of thiocarbonyl (C=S) groups is 1. The van der Waals surface area contributed by atoms with Gasteiger partial charge in [0.2, 0.25) is 0 Å². The number of carboxylic acids is 1. The average molecular weight is 352 g/mol. The second-order valence-corrected chi connectivity index (χ2v) is 6.29. The minimum atomic E-state index is -1.23. The van der Waals surface area contributed by atoms with Crippen molar-refractivity contribution < 1.29 is 24.5 Å². The number of nitrogens with zero attached hydrogens (tertiary/aromatic N) is 1. The summed E-state index contributed by atoms with van der Waals surface area (Å²) in [5.41, 5.74) is 0.673. The molecule has 1 aliphatic heterocycles. The second-order valence-electron chi connectivity index (χ2n) is 4.62. The maximum Gasteiger partial charge on any atom is 0.266 e. The molecule has 122 valence electrons. The van der Waals surface area contributed by atoms with E-state index in [-0.39, 0.29) is 24.6 Å². The van der Waals surface area contributed by atoms with Crippen LogP contribution in [0.3, 0.4) is 0 Å². The molecule has 1 aromatic carbocycles. The maximum atomic E-state index is 12.3. The molecule has 0 saturated carbocycles. The van der Waals surface area contributed by atoms with Crippen LogP contribution in [0.5, 0.6) is 11.5 Å². The van der Waals surface area contributed by atoms with Gasteiger partial charge in [0.25, 0.3) is 5.91 Å². The molecular formula is C15H14NO5S2-. The van der Waals surface area contributed by atoms with E-state index in [9.17, 15) is 19.8 Å². The van der Waals surface area contributed by atoms with Gasteiger partial charge in [0.05, 0.1) is 11.5 Å². The molecule has 6 nitrogen and oxygen atoms in total. The Kier molecular flexibility index (Phi) is 5.62. The minimum absolute atomic E-state index is 0.00981. The lowest BCUT2D eigenvalue weighted by molar-refractivity contribution is -0.305. The molecule has 1 N–H and O–H groups in total. The first-order valence-corrected chi connectivity index (χ1v) is 8.06. The number of carbonyl (C=O) groups is 2. The predicted octanol–water partition coefficient (Wildman–Crippen LogP) is 1.13. The van der Waals surface area contributed by atoms with Gasteiger partial charge in [-0.25, -0.2) is 0 Å². The Labute approximate surface area is 142 Å². The highest BCUT2D eigenvalue weighted by atomic mass is 32.2. The van der Waals surface area contributed by atoms with Crippen LogP contribution < -0.4 is 9.84 Å². The van der Waals surface area contributed by atoms with E-state index in [0.29, 0.717) is 27.1 Å². The molecule has 1 aromatic rings. The Morgan fingerprint density at radius 3 is 2.91 bits per heavy atom. The number of ether oxygens (including phenoxy) is 1. The Balaban J connectivity index is 2.20. The van der Waals surface area contributed by atoms with Crippen LogP contribution in [0.1, 0.15) is 18.9 Å². The summed E-state index contributed by atoms with van der Waals surface area (Å²) in [4.78, 5) is 24.4. The number of carboxylic acid groups (broad SMARTS) is 1. The number of amides is 1. The third-order valence-corrected chi connectivity index (χ3v) is 4.37. The van der Waals surface area contributed by atoms with Gasteiger partial charge in [-0.3, -0.25) is 9.69 Å². The summed E-state index contributed by atoms with van der Waals surface area (Å²) in [7, 11) is 0. The third-order valence-electron chi connectivity index (χ3n) is 2.99. The van der Waals surface area contributed by atoms with Gasteiger partial charge in [0.1, 0.15) is 4.32 Å². The van der Waals surface area contributed by atoms with Gasteiger partial charge in [-0.05, 0) is 30.7 Å². The fourth-order valence-electron chi connectivity index (χ4n) is 1.94. The van der Waals surface area contributed by atoms with Crippen LogP contribution in [0.4, 0.5) is 0 Å². The number of carbonyl (C=O) groups excluding carboxylic acids is 2. The Bertz CT molecular complexity index is 686. The van der Waals surface area contributed by atoms with Gasteiger partial charge in [-0.15, -0.1) is 0 Å². The van der Waals surface area contributed by atoms with Gasteiger partial charge in [0.15, 0.2) is 11.5 Å². The zero-order valence-electron chi connectivity index (χ0n) is 12.3. The summed E-state index contributed by atoms with van der Waals surface area (Å²) >= 11 is 6.20. The van der Waals surface area contributed by atoms with E-state index in [1.165, 1.54) is 11.0 Å². The standard InChI is InChI=1S/C15H15NO5S2/c1-2-21-11-7-9(3-4-10(11)17)8-12-14(20)16(15(22)23-12)6-5-13(18)19/h3-4,7-8,17H,2,5-6H2,1H3,(H,18,19)/p-1/b12-8+. The van der Waals surface area contributed by atoms with Crippen molar-refractivity contribution in [2.24, 2.45) is 0 Å². The zero-order valence-corrected chi connectivity index (χ0v) is 13.9. The normalized spacial score (nSPS) is 16.2. The third kappa shape index (κ3) is 4.23. The molecule has 2 rings (SSSR count). The Morgan fingerprint density at radius 1 is 1.52 bits per heavy atom. The van der Waals surface area contributed by atoms with E-state index < -0.39 is 5.97 Å². The molecule has 0 radical (unpaired) electrons. The van der Waals surface area contributed by atoms with Gasteiger partial charge in [0, 0.05) is 18.9 Å². The number of phenolic OH excluding ortho intramolecular Hbond substituents is 1. The number of aromatic hydroxyl groups is 1. The quantitative estimate of drug-likeness (QED) is 0.606. The first-order chi connectivity index (χ1) is 10.9. The summed E-state index contributed by atoms with van der Waals surface area (Å²) in [5, 5.41) is 20.2. The molecule has 0 aliphatic carbocycles. The highest BCUT2D eigenvalue weighted by Crippen LogP contribution is 2.34. The molecule has 0 atom stereocenters. The van der Waals surface area contributed by atoms with E-state index >= 15 is 0 Å². The molecule has 1 heterocycles. The Hall–Kier alpha value is -2.06. The molecule has 0 aromatic heterocycles. The van der Waals surface area contributed by atoms with E-state index in [2.05, 4.69) is 0 Å². The summed E-state index contributed by atoms with van der Waals surface area (Å²) in [5.74, 6) is -1.23. The minimum Gasteiger partial charge on any atom is -0.550 e. The summed E-state index contributed by atoms with van der Waals surface area (Å²) < 4.78 is 5.61. The monoisotopic (exact) mass is 352 g/mol. The lowest BCUT2D eigenvalue weighted by Crippen LogP contribution is -2.33. The van der Waals surface area contributed by atoms with Crippen LogP contribution in [-0.2, 0) is 9.59 Å². The molecule has 1 amide bonds. The van der Waals surface area contributed by atoms with Crippen molar-refractivity contribution >= 4 is 46.3 Å². The van der Waals surface area contributed by atoms with Crippen molar-refractivity contribution in [1.82, 2.24) is 4.90 Å². The average Bonchev–Trinajstić information content (AvgIpc) is 2.75. The molecule has 0 spiro atoms. The number of rotatable bonds is 6. The van der Waals surface area contributed by atoms with Crippen molar-refractivity contribution in [1.29, 1.82) is 0 Å². The molecular weight excluding hydrogens is 338 g/mol. The van der Waals surface area contributed by atoms with E-state index in [1.807, 2.05) is 0 Å². The number of hydrogen-bond donors (Lipinski definition) is 1. The number of aliphatic carboxylic acids is 1. The van der Waals surface area contributed by atoms with Crippen molar-refractivity contribution in [3.05, 3.63) is 28.7 Å².